The molecule has 0 amide bonds. The predicted molar refractivity (Wildman–Crippen MR) is 67.6 cm³/mol. The molecule has 2 rings (SSSR count). The van der Waals surface area contributed by atoms with E-state index in [1.165, 1.54) is 12.1 Å². The molecule has 0 radical (unpaired) electrons. The summed E-state index contributed by atoms with van der Waals surface area (Å²) < 4.78 is 12.8. The number of benzene rings is 1. The predicted octanol–water partition coefficient (Wildman–Crippen LogP) is 2.42. The molecule has 0 aliphatic carbocycles. The first-order valence-electron chi connectivity index (χ1n) is 5.67. The molecule has 1 heterocycles. The molecule has 0 atom stereocenters. The van der Waals surface area contributed by atoms with E-state index in [1.54, 1.807) is 18.3 Å². The van der Waals surface area contributed by atoms with Gasteiger partial charge in [-0.2, -0.15) is 0 Å². The first-order valence-corrected chi connectivity index (χ1v) is 5.67. The minimum Gasteiger partial charge on any atom is -0.403 e. The van der Waals surface area contributed by atoms with Gasteiger partial charge in [-0.25, -0.2) is 4.39 Å². The van der Waals surface area contributed by atoms with Crippen molar-refractivity contribution < 1.29 is 4.39 Å². The number of hydrogen-bond acceptors (Lipinski definition) is 3. The van der Waals surface area contributed by atoms with Gasteiger partial charge in [-0.05, 0) is 37.1 Å². The Labute approximate surface area is 100 Å². The molecule has 1 fully saturated rings. The number of hydrogen-bond donors (Lipinski definition) is 1. The summed E-state index contributed by atoms with van der Waals surface area (Å²) in [6.07, 6.45) is 3.56. The van der Waals surface area contributed by atoms with Crippen molar-refractivity contribution in [3.8, 4) is 0 Å². The van der Waals surface area contributed by atoms with E-state index in [4.69, 9.17) is 5.73 Å². The molecule has 0 saturated carbocycles. The van der Waals surface area contributed by atoms with Crippen LogP contribution in [0.5, 0.6) is 0 Å². The molecule has 90 valence electrons. The highest BCUT2D eigenvalue weighted by Gasteiger charge is 2.17. The number of rotatable bonds is 1. The Morgan fingerprint density at radius 1 is 1.35 bits per heavy atom. The molecule has 1 aromatic rings. The normalized spacial score (nSPS) is 21.2. The fourth-order valence-corrected chi connectivity index (χ4v) is 1.96. The van der Waals surface area contributed by atoms with E-state index in [1.807, 2.05) is 7.05 Å². The van der Waals surface area contributed by atoms with E-state index >= 15 is 0 Å². The Hall–Kier alpha value is -1.84. The van der Waals surface area contributed by atoms with Crippen molar-refractivity contribution in [1.29, 1.82) is 0 Å². The third-order valence-corrected chi connectivity index (χ3v) is 2.86. The molecule has 4 heteroatoms. The molecule has 3 nitrogen and oxygen atoms in total. The van der Waals surface area contributed by atoms with Crippen LogP contribution in [0.1, 0.15) is 12.8 Å². The second-order valence-corrected chi connectivity index (χ2v) is 4.11. The molecular weight excluding hydrogens is 217 g/mol. The number of nitrogens with zero attached hydrogens (tertiary/aromatic N) is 2. The smallest absolute Gasteiger partial charge is 0.123 e. The molecule has 17 heavy (non-hydrogen) atoms. The van der Waals surface area contributed by atoms with Crippen LogP contribution >= 0.6 is 0 Å². The van der Waals surface area contributed by atoms with Gasteiger partial charge in [-0.15, -0.1) is 0 Å². The van der Waals surface area contributed by atoms with Crippen LogP contribution in [0.25, 0.3) is 0 Å². The van der Waals surface area contributed by atoms with Crippen molar-refractivity contribution >= 4 is 11.4 Å². The first kappa shape index (κ1) is 11.6. The van der Waals surface area contributed by atoms with Gasteiger partial charge in [0.05, 0.1) is 17.1 Å². The van der Waals surface area contributed by atoms with Gasteiger partial charge in [0.1, 0.15) is 5.82 Å². The van der Waals surface area contributed by atoms with Crippen LogP contribution in [0, 0.1) is 5.82 Å². The maximum absolute atomic E-state index is 12.8. The Bertz CT molecular complexity index is 448. The number of likely N-dealkylation sites (tertiary alicyclic amines) is 1. The van der Waals surface area contributed by atoms with E-state index in [2.05, 4.69) is 9.89 Å². The van der Waals surface area contributed by atoms with E-state index in [0.717, 1.165) is 36.5 Å². The van der Waals surface area contributed by atoms with Crippen molar-refractivity contribution in [2.45, 2.75) is 12.8 Å². The number of aliphatic imine (C=N–C) groups is 1. The fraction of sp³-hybridized carbons (Fsp3) is 0.308. The van der Waals surface area contributed by atoms with E-state index in [0.29, 0.717) is 0 Å². The Balaban J connectivity index is 2.28. The largest absolute Gasteiger partial charge is 0.403 e. The van der Waals surface area contributed by atoms with Crippen molar-refractivity contribution in [2.24, 2.45) is 10.7 Å². The lowest BCUT2D eigenvalue weighted by atomic mass is 10.1. The van der Waals surface area contributed by atoms with Crippen molar-refractivity contribution in [2.75, 3.05) is 13.6 Å². The van der Waals surface area contributed by atoms with Gasteiger partial charge in [-0.3, -0.25) is 4.99 Å². The lowest BCUT2D eigenvalue weighted by Crippen LogP contribution is -2.30. The SMILES string of the molecule is CN1CCCC(=Nc2ccc(F)cc2)C1=CN. The highest BCUT2D eigenvalue weighted by Crippen LogP contribution is 2.20. The van der Waals surface area contributed by atoms with E-state index in [-0.39, 0.29) is 5.82 Å². The molecule has 0 unspecified atom stereocenters. The standard InChI is InChI=1S/C13H16FN3/c1-17-8-2-3-12(13(17)9-15)16-11-6-4-10(14)5-7-11/h4-7,9H,2-3,8,15H2,1H3. The second kappa shape index (κ2) is 4.99. The molecule has 1 aliphatic rings. The van der Waals surface area contributed by atoms with Gasteiger partial charge in [0.25, 0.3) is 0 Å². The van der Waals surface area contributed by atoms with Crippen LogP contribution in [-0.4, -0.2) is 24.2 Å². The maximum atomic E-state index is 12.8. The topological polar surface area (TPSA) is 41.6 Å². The second-order valence-electron chi connectivity index (χ2n) is 4.11. The highest BCUT2D eigenvalue weighted by molar-refractivity contribution is 6.01. The van der Waals surface area contributed by atoms with Gasteiger partial charge in [0, 0.05) is 19.8 Å². The number of nitrogens with two attached hydrogens (primary N) is 1. The van der Waals surface area contributed by atoms with Gasteiger partial charge in [0.15, 0.2) is 0 Å². The summed E-state index contributed by atoms with van der Waals surface area (Å²) in [5, 5.41) is 0. The zero-order chi connectivity index (χ0) is 12.3. The summed E-state index contributed by atoms with van der Waals surface area (Å²) in [5.74, 6) is -0.246. The van der Waals surface area contributed by atoms with Crippen LogP contribution < -0.4 is 5.73 Å². The van der Waals surface area contributed by atoms with Gasteiger partial charge >= 0.3 is 0 Å². The average Bonchev–Trinajstić information content (AvgIpc) is 2.32. The number of allylic oxidation sites excluding steroid dienone is 1. The third-order valence-electron chi connectivity index (χ3n) is 2.86. The Morgan fingerprint density at radius 2 is 2.06 bits per heavy atom. The van der Waals surface area contributed by atoms with Gasteiger partial charge in [0.2, 0.25) is 0 Å². The summed E-state index contributed by atoms with van der Waals surface area (Å²) >= 11 is 0. The molecule has 0 aromatic heterocycles. The van der Waals surface area contributed by atoms with Gasteiger partial charge < -0.3 is 10.6 Å². The fourth-order valence-electron chi connectivity index (χ4n) is 1.96. The van der Waals surface area contributed by atoms with Crippen LogP contribution in [0.4, 0.5) is 10.1 Å². The Kier molecular flexibility index (Phi) is 3.42. The zero-order valence-electron chi connectivity index (χ0n) is 9.86. The van der Waals surface area contributed by atoms with Crippen LogP contribution in [-0.2, 0) is 0 Å². The first-order chi connectivity index (χ1) is 8.20. The zero-order valence-corrected chi connectivity index (χ0v) is 9.86. The highest BCUT2D eigenvalue weighted by atomic mass is 19.1. The summed E-state index contributed by atoms with van der Waals surface area (Å²) in [4.78, 5) is 6.61. The lowest BCUT2D eigenvalue weighted by Gasteiger charge is -2.28. The summed E-state index contributed by atoms with van der Waals surface area (Å²) in [5.41, 5.74) is 8.30. The summed E-state index contributed by atoms with van der Waals surface area (Å²) in [6, 6.07) is 6.17. The number of halogens is 1. The third kappa shape index (κ3) is 2.64. The average molecular weight is 233 g/mol. The van der Waals surface area contributed by atoms with E-state index < -0.39 is 0 Å². The van der Waals surface area contributed by atoms with Crippen molar-refractivity contribution in [3.05, 3.63) is 42.0 Å². The molecule has 2 N–H and O–H groups in total. The molecular formula is C13H16FN3. The van der Waals surface area contributed by atoms with E-state index in [9.17, 15) is 4.39 Å². The minimum atomic E-state index is -0.246. The minimum absolute atomic E-state index is 0.246. The molecule has 0 bridgehead atoms. The van der Waals surface area contributed by atoms with Gasteiger partial charge in [-0.1, -0.05) is 0 Å². The molecule has 1 aromatic carbocycles. The van der Waals surface area contributed by atoms with Crippen LogP contribution in [0.15, 0.2) is 41.2 Å². The van der Waals surface area contributed by atoms with Crippen LogP contribution in [0.3, 0.4) is 0 Å². The molecule has 0 spiro atoms. The van der Waals surface area contributed by atoms with Crippen molar-refractivity contribution in [1.82, 2.24) is 4.90 Å². The van der Waals surface area contributed by atoms with Crippen LogP contribution in [0.2, 0.25) is 0 Å². The molecule has 1 aliphatic heterocycles. The Morgan fingerprint density at radius 3 is 2.71 bits per heavy atom. The lowest BCUT2D eigenvalue weighted by molar-refractivity contribution is 0.410. The number of piperidine rings is 1. The molecule has 1 saturated heterocycles. The monoisotopic (exact) mass is 233 g/mol. The quantitative estimate of drug-likeness (QED) is 0.809. The summed E-state index contributed by atoms with van der Waals surface area (Å²) in [7, 11) is 2.00. The van der Waals surface area contributed by atoms with Crippen molar-refractivity contribution in [3.63, 3.8) is 0 Å². The summed E-state index contributed by atoms with van der Waals surface area (Å²) in [6.45, 7) is 0.992. The maximum Gasteiger partial charge on any atom is 0.123 e.